The second kappa shape index (κ2) is 2.95. The van der Waals surface area contributed by atoms with Crippen LogP contribution in [0.2, 0.25) is 0 Å². The van der Waals surface area contributed by atoms with Crippen molar-refractivity contribution < 1.29 is 8.83 Å². The van der Waals surface area contributed by atoms with Gasteiger partial charge >= 0.3 is 5.63 Å². The van der Waals surface area contributed by atoms with Gasteiger partial charge in [-0.3, -0.25) is 0 Å². The molecule has 0 aliphatic carbocycles. The molecule has 0 fully saturated rings. The SMILES string of the molecule is Cc1cc(=O)oc2c(C)c3ocnc3cc12. The van der Waals surface area contributed by atoms with Gasteiger partial charge in [-0.25, -0.2) is 9.78 Å². The predicted octanol–water partition coefficient (Wildman–Crippen LogP) is 2.55. The van der Waals surface area contributed by atoms with Crippen LogP contribution in [0.15, 0.2) is 32.2 Å². The van der Waals surface area contributed by atoms with Crippen LogP contribution in [-0.2, 0) is 0 Å². The third kappa shape index (κ3) is 1.10. The highest BCUT2D eigenvalue weighted by molar-refractivity contribution is 5.96. The summed E-state index contributed by atoms with van der Waals surface area (Å²) in [5.41, 5.74) is 3.38. The third-order valence-corrected chi connectivity index (χ3v) is 2.76. The fourth-order valence-corrected chi connectivity index (χ4v) is 1.95. The molecule has 0 saturated heterocycles. The van der Waals surface area contributed by atoms with Crippen LogP contribution in [0.4, 0.5) is 0 Å². The molecule has 80 valence electrons. The van der Waals surface area contributed by atoms with Gasteiger partial charge in [-0.05, 0) is 25.5 Å². The molecule has 3 aromatic rings. The Balaban J connectivity index is 2.66. The van der Waals surface area contributed by atoms with E-state index in [0.29, 0.717) is 11.2 Å². The molecule has 2 aromatic heterocycles. The topological polar surface area (TPSA) is 56.2 Å². The summed E-state index contributed by atoms with van der Waals surface area (Å²) in [5.74, 6) is 0. The van der Waals surface area contributed by atoms with Crippen LogP contribution in [0.1, 0.15) is 11.1 Å². The van der Waals surface area contributed by atoms with Crippen molar-refractivity contribution in [1.29, 1.82) is 0 Å². The fourth-order valence-electron chi connectivity index (χ4n) is 1.95. The van der Waals surface area contributed by atoms with Crippen molar-refractivity contribution >= 4 is 22.1 Å². The van der Waals surface area contributed by atoms with E-state index in [-0.39, 0.29) is 5.63 Å². The smallest absolute Gasteiger partial charge is 0.336 e. The highest BCUT2D eigenvalue weighted by Crippen LogP contribution is 2.27. The predicted molar refractivity (Wildman–Crippen MR) is 59.5 cm³/mol. The van der Waals surface area contributed by atoms with E-state index < -0.39 is 0 Å². The van der Waals surface area contributed by atoms with E-state index in [1.165, 1.54) is 12.5 Å². The Morgan fingerprint density at radius 2 is 2.00 bits per heavy atom. The molecule has 16 heavy (non-hydrogen) atoms. The number of aromatic nitrogens is 1. The normalized spacial score (nSPS) is 11.4. The van der Waals surface area contributed by atoms with Gasteiger partial charge in [-0.2, -0.15) is 0 Å². The Kier molecular flexibility index (Phi) is 1.68. The molecule has 0 atom stereocenters. The van der Waals surface area contributed by atoms with Crippen molar-refractivity contribution in [2.24, 2.45) is 0 Å². The average Bonchev–Trinajstić information content (AvgIpc) is 2.68. The minimum Gasteiger partial charge on any atom is -0.443 e. The van der Waals surface area contributed by atoms with Crippen LogP contribution >= 0.6 is 0 Å². The molecule has 2 heterocycles. The second-order valence-corrected chi connectivity index (χ2v) is 3.83. The van der Waals surface area contributed by atoms with Gasteiger partial charge in [0, 0.05) is 17.0 Å². The minimum atomic E-state index is -0.341. The van der Waals surface area contributed by atoms with Gasteiger partial charge in [0.15, 0.2) is 12.0 Å². The number of hydrogen-bond donors (Lipinski definition) is 0. The molecule has 0 aliphatic rings. The lowest BCUT2D eigenvalue weighted by molar-refractivity contribution is 0.554. The summed E-state index contributed by atoms with van der Waals surface area (Å²) >= 11 is 0. The highest BCUT2D eigenvalue weighted by atomic mass is 16.4. The number of oxazole rings is 1. The van der Waals surface area contributed by atoms with Crippen LogP contribution in [0, 0.1) is 13.8 Å². The van der Waals surface area contributed by atoms with Gasteiger partial charge in [0.1, 0.15) is 11.1 Å². The van der Waals surface area contributed by atoms with Crippen molar-refractivity contribution in [2.45, 2.75) is 13.8 Å². The van der Waals surface area contributed by atoms with Gasteiger partial charge in [0.2, 0.25) is 0 Å². The van der Waals surface area contributed by atoms with E-state index in [1.807, 2.05) is 19.9 Å². The molecule has 0 bridgehead atoms. The first-order valence-electron chi connectivity index (χ1n) is 4.94. The lowest BCUT2D eigenvalue weighted by Crippen LogP contribution is -1.99. The number of rotatable bonds is 0. The number of hydrogen-bond acceptors (Lipinski definition) is 4. The Bertz CT molecular complexity index is 752. The highest BCUT2D eigenvalue weighted by Gasteiger charge is 2.11. The molecule has 3 rings (SSSR count). The Morgan fingerprint density at radius 3 is 2.81 bits per heavy atom. The first-order chi connectivity index (χ1) is 7.66. The standard InChI is InChI=1S/C12H9NO3/c1-6-3-10(14)16-11-7(2)12-9(4-8(6)11)13-5-15-12/h3-5H,1-2H3. The summed E-state index contributed by atoms with van der Waals surface area (Å²) in [5, 5.41) is 0.901. The molecule has 4 heteroatoms. The van der Waals surface area contributed by atoms with Crippen molar-refractivity contribution in [3.63, 3.8) is 0 Å². The van der Waals surface area contributed by atoms with Crippen molar-refractivity contribution in [2.75, 3.05) is 0 Å². The minimum absolute atomic E-state index is 0.341. The lowest BCUT2D eigenvalue weighted by atomic mass is 10.1. The first-order valence-corrected chi connectivity index (χ1v) is 4.94. The molecular weight excluding hydrogens is 206 g/mol. The van der Waals surface area contributed by atoms with Gasteiger partial charge in [0.25, 0.3) is 0 Å². The van der Waals surface area contributed by atoms with E-state index in [1.54, 1.807) is 0 Å². The Morgan fingerprint density at radius 1 is 1.19 bits per heavy atom. The summed E-state index contributed by atoms with van der Waals surface area (Å²) < 4.78 is 10.5. The van der Waals surface area contributed by atoms with Gasteiger partial charge in [-0.1, -0.05) is 0 Å². The van der Waals surface area contributed by atoms with Gasteiger partial charge in [0.05, 0.1) is 0 Å². The zero-order chi connectivity index (χ0) is 11.3. The van der Waals surface area contributed by atoms with Crippen LogP contribution in [-0.4, -0.2) is 4.98 Å². The van der Waals surface area contributed by atoms with Gasteiger partial charge in [-0.15, -0.1) is 0 Å². The molecule has 4 nitrogen and oxygen atoms in total. The molecule has 0 spiro atoms. The number of fused-ring (bicyclic) bond motifs is 2. The summed E-state index contributed by atoms with van der Waals surface area (Å²) in [6.45, 7) is 3.74. The molecule has 1 aromatic carbocycles. The Hall–Kier alpha value is -2.10. The van der Waals surface area contributed by atoms with Crippen LogP contribution in [0.5, 0.6) is 0 Å². The lowest BCUT2D eigenvalue weighted by Gasteiger charge is -2.03. The molecule has 0 unspecified atom stereocenters. The maximum atomic E-state index is 11.3. The summed E-state index contributed by atoms with van der Waals surface area (Å²) in [4.78, 5) is 15.4. The monoisotopic (exact) mass is 215 g/mol. The van der Waals surface area contributed by atoms with Crippen LogP contribution in [0.25, 0.3) is 22.1 Å². The summed E-state index contributed by atoms with van der Waals surface area (Å²) in [7, 11) is 0. The van der Waals surface area contributed by atoms with E-state index in [4.69, 9.17) is 8.83 Å². The zero-order valence-corrected chi connectivity index (χ0v) is 8.90. The first kappa shape index (κ1) is 9.15. The van der Waals surface area contributed by atoms with Gasteiger partial charge < -0.3 is 8.83 Å². The Labute approximate surface area is 90.5 Å². The molecule has 0 saturated carbocycles. The van der Waals surface area contributed by atoms with E-state index in [2.05, 4.69) is 4.98 Å². The van der Waals surface area contributed by atoms with Crippen molar-refractivity contribution in [3.05, 3.63) is 40.1 Å². The van der Waals surface area contributed by atoms with E-state index in [0.717, 1.165) is 22.0 Å². The number of nitrogens with zero attached hydrogens (tertiary/aromatic N) is 1. The maximum Gasteiger partial charge on any atom is 0.336 e. The average molecular weight is 215 g/mol. The maximum absolute atomic E-state index is 11.3. The van der Waals surface area contributed by atoms with Crippen LogP contribution < -0.4 is 5.63 Å². The molecular formula is C12H9NO3. The van der Waals surface area contributed by atoms with Crippen LogP contribution in [0.3, 0.4) is 0 Å². The quantitative estimate of drug-likeness (QED) is 0.541. The molecule has 0 radical (unpaired) electrons. The summed E-state index contributed by atoms with van der Waals surface area (Å²) in [6, 6.07) is 3.35. The number of aryl methyl sites for hydroxylation is 2. The largest absolute Gasteiger partial charge is 0.443 e. The summed E-state index contributed by atoms with van der Waals surface area (Å²) in [6.07, 6.45) is 1.39. The van der Waals surface area contributed by atoms with E-state index >= 15 is 0 Å². The molecule has 0 aliphatic heterocycles. The van der Waals surface area contributed by atoms with E-state index in [9.17, 15) is 4.79 Å². The third-order valence-electron chi connectivity index (χ3n) is 2.76. The zero-order valence-electron chi connectivity index (χ0n) is 8.90. The fraction of sp³-hybridized carbons (Fsp3) is 0.167. The molecule has 0 N–H and O–H groups in total. The second-order valence-electron chi connectivity index (χ2n) is 3.83. The van der Waals surface area contributed by atoms with Crippen molar-refractivity contribution in [3.8, 4) is 0 Å². The number of benzene rings is 1. The van der Waals surface area contributed by atoms with Crippen molar-refractivity contribution in [1.82, 2.24) is 4.98 Å². The molecule has 0 amide bonds.